The number of rotatable bonds is 5. The number of nitrogens with zero attached hydrogens (tertiary/aromatic N) is 1. The Hall–Kier alpha value is -3.34. The van der Waals surface area contributed by atoms with Crippen LogP contribution in [0.3, 0.4) is 0 Å². The molecule has 2 aromatic carbocycles. The molecular weight excluding hydrogens is 328 g/mol. The van der Waals surface area contributed by atoms with Crippen molar-refractivity contribution in [2.45, 2.75) is 19.8 Å². The number of hydrogen-bond acceptors (Lipinski definition) is 4. The van der Waals surface area contributed by atoms with Crippen molar-refractivity contribution < 1.29 is 13.6 Å². The molecule has 4 aromatic rings. The van der Waals surface area contributed by atoms with E-state index in [-0.39, 0.29) is 5.91 Å². The molecule has 1 N–H and O–H groups in total. The minimum atomic E-state index is -0.0674. The Balaban J connectivity index is 1.37. The Morgan fingerprint density at radius 1 is 1.04 bits per heavy atom. The quantitative estimate of drug-likeness (QED) is 0.554. The zero-order chi connectivity index (χ0) is 17.9. The van der Waals surface area contributed by atoms with E-state index in [4.69, 9.17) is 8.83 Å². The number of nitrogens with one attached hydrogen (secondary N) is 1. The molecule has 4 rings (SSSR count). The molecule has 5 heteroatoms. The first kappa shape index (κ1) is 16.1. The fourth-order valence-electron chi connectivity index (χ4n) is 2.85. The predicted molar refractivity (Wildman–Crippen MR) is 99.8 cm³/mol. The third kappa shape index (κ3) is 3.52. The van der Waals surface area contributed by atoms with Gasteiger partial charge in [0, 0.05) is 31.0 Å². The first-order valence-corrected chi connectivity index (χ1v) is 8.48. The second-order valence-corrected chi connectivity index (χ2v) is 6.10. The number of furan rings is 1. The lowest BCUT2D eigenvalue weighted by Crippen LogP contribution is -2.12. The fourth-order valence-corrected chi connectivity index (χ4v) is 2.85. The van der Waals surface area contributed by atoms with Crippen LogP contribution in [-0.2, 0) is 11.2 Å². The first-order valence-electron chi connectivity index (χ1n) is 8.48. The van der Waals surface area contributed by atoms with E-state index in [9.17, 15) is 4.79 Å². The maximum absolute atomic E-state index is 12.2. The SMILES string of the molecule is Cc1nc2cc(NC(=O)CCc3ccc(-c4ccccc4)o3)ccc2o1. The van der Waals surface area contributed by atoms with Crippen LogP contribution in [0.1, 0.15) is 18.1 Å². The zero-order valence-electron chi connectivity index (χ0n) is 14.4. The van der Waals surface area contributed by atoms with Crippen LogP contribution in [0.2, 0.25) is 0 Å². The highest BCUT2D eigenvalue weighted by Gasteiger charge is 2.09. The van der Waals surface area contributed by atoms with Gasteiger partial charge in [-0.15, -0.1) is 0 Å². The van der Waals surface area contributed by atoms with Gasteiger partial charge in [0.25, 0.3) is 0 Å². The number of carbonyl (C=O) groups is 1. The highest BCUT2D eigenvalue weighted by atomic mass is 16.3. The first-order chi connectivity index (χ1) is 12.7. The smallest absolute Gasteiger partial charge is 0.224 e. The molecule has 5 nitrogen and oxygen atoms in total. The molecule has 0 aliphatic rings. The molecule has 0 fully saturated rings. The van der Waals surface area contributed by atoms with Crippen LogP contribution in [0, 0.1) is 6.92 Å². The van der Waals surface area contributed by atoms with Gasteiger partial charge >= 0.3 is 0 Å². The molecule has 2 heterocycles. The van der Waals surface area contributed by atoms with Crippen molar-refractivity contribution in [3.63, 3.8) is 0 Å². The molecule has 0 aliphatic carbocycles. The maximum atomic E-state index is 12.2. The lowest BCUT2D eigenvalue weighted by molar-refractivity contribution is -0.116. The van der Waals surface area contributed by atoms with E-state index in [0.717, 1.165) is 22.6 Å². The molecule has 0 aliphatic heterocycles. The summed E-state index contributed by atoms with van der Waals surface area (Å²) in [7, 11) is 0. The van der Waals surface area contributed by atoms with Crippen molar-refractivity contribution in [2.75, 3.05) is 5.32 Å². The van der Waals surface area contributed by atoms with Gasteiger partial charge in [0.2, 0.25) is 5.91 Å². The van der Waals surface area contributed by atoms with E-state index >= 15 is 0 Å². The van der Waals surface area contributed by atoms with Crippen LogP contribution in [0.25, 0.3) is 22.4 Å². The molecule has 0 unspecified atom stereocenters. The topological polar surface area (TPSA) is 68.3 Å². The van der Waals surface area contributed by atoms with E-state index in [2.05, 4.69) is 10.3 Å². The normalized spacial score (nSPS) is 11.0. The summed E-state index contributed by atoms with van der Waals surface area (Å²) in [4.78, 5) is 16.5. The summed E-state index contributed by atoms with van der Waals surface area (Å²) in [5, 5.41) is 2.89. The van der Waals surface area contributed by atoms with Crippen LogP contribution in [0.4, 0.5) is 5.69 Å². The van der Waals surface area contributed by atoms with Crippen molar-refractivity contribution in [3.05, 3.63) is 72.3 Å². The number of aromatic nitrogens is 1. The lowest BCUT2D eigenvalue weighted by atomic mass is 10.2. The summed E-state index contributed by atoms with van der Waals surface area (Å²) in [5.41, 5.74) is 3.18. The molecule has 0 bridgehead atoms. The number of benzene rings is 2. The van der Waals surface area contributed by atoms with Crippen LogP contribution in [0.15, 0.2) is 69.5 Å². The second-order valence-electron chi connectivity index (χ2n) is 6.10. The zero-order valence-corrected chi connectivity index (χ0v) is 14.4. The summed E-state index contributed by atoms with van der Waals surface area (Å²) < 4.78 is 11.3. The minimum Gasteiger partial charge on any atom is -0.461 e. The third-order valence-electron chi connectivity index (χ3n) is 4.10. The van der Waals surface area contributed by atoms with Gasteiger partial charge in [-0.05, 0) is 30.3 Å². The minimum absolute atomic E-state index is 0.0674. The van der Waals surface area contributed by atoms with Gasteiger partial charge in [0.05, 0.1) is 0 Å². The molecule has 26 heavy (non-hydrogen) atoms. The number of oxazole rings is 1. The Kier molecular flexibility index (Phi) is 4.27. The highest BCUT2D eigenvalue weighted by molar-refractivity contribution is 5.92. The number of anilines is 1. The monoisotopic (exact) mass is 346 g/mol. The number of fused-ring (bicyclic) bond motifs is 1. The average Bonchev–Trinajstić information content (AvgIpc) is 3.26. The average molecular weight is 346 g/mol. The molecular formula is C21H18N2O3. The predicted octanol–water partition coefficient (Wildman–Crippen LogP) is 4.97. The molecule has 0 saturated heterocycles. The van der Waals surface area contributed by atoms with E-state index in [0.29, 0.717) is 30.0 Å². The van der Waals surface area contributed by atoms with E-state index < -0.39 is 0 Å². The van der Waals surface area contributed by atoms with Gasteiger partial charge < -0.3 is 14.2 Å². The molecule has 130 valence electrons. The van der Waals surface area contributed by atoms with Gasteiger partial charge in [-0.1, -0.05) is 30.3 Å². The fraction of sp³-hybridized carbons (Fsp3) is 0.143. The summed E-state index contributed by atoms with van der Waals surface area (Å²) in [5.74, 6) is 2.15. The van der Waals surface area contributed by atoms with E-state index in [1.807, 2.05) is 60.7 Å². The second kappa shape index (κ2) is 6.88. The van der Waals surface area contributed by atoms with Gasteiger partial charge in [0.15, 0.2) is 11.5 Å². The molecule has 1 amide bonds. The number of amides is 1. The van der Waals surface area contributed by atoms with E-state index in [1.165, 1.54) is 0 Å². The number of aryl methyl sites for hydroxylation is 2. The Bertz CT molecular complexity index is 1050. The molecule has 0 radical (unpaired) electrons. The van der Waals surface area contributed by atoms with Crippen molar-refractivity contribution in [1.29, 1.82) is 0 Å². The standard InChI is InChI=1S/C21H18N2O3/c1-14-22-18-13-16(7-10-20(18)25-14)23-21(24)12-9-17-8-11-19(26-17)15-5-3-2-4-6-15/h2-8,10-11,13H,9,12H2,1H3,(H,23,24). The van der Waals surface area contributed by atoms with Crippen LogP contribution >= 0.6 is 0 Å². The molecule has 2 aromatic heterocycles. The molecule has 0 spiro atoms. The van der Waals surface area contributed by atoms with Gasteiger partial charge in [0.1, 0.15) is 17.0 Å². The van der Waals surface area contributed by atoms with E-state index in [1.54, 1.807) is 6.92 Å². The number of carbonyl (C=O) groups excluding carboxylic acids is 1. The van der Waals surface area contributed by atoms with Crippen molar-refractivity contribution in [2.24, 2.45) is 0 Å². The third-order valence-corrected chi connectivity index (χ3v) is 4.10. The summed E-state index contributed by atoms with van der Waals surface area (Å²) in [6.07, 6.45) is 0.890. The summed E-state index contributed by atoms with van der Waals surface area (Å²) >= 11 is 0. The van der Waals surface area contributed by atoms with Gasteiger partial charge in [-0.2, -0.15) is 0 Å². The lowest BCUT2D eigenvalue weighted by Gasteiger charge is -2.04. The summed E-state index contributed by atoms with van der Waals surface area (Å²) in [6.45, 7) is 1.80. The van der Waals surface area contributed by atoms with Crippen molar-refractivity contribution in [1.82, 2.24) is 4.98 Å². The van der Waals surface area contributed by atoms with Crippen LogP contribution in [-0.4, -0.2) is 10.9 Å². The van der Waals surface area contributed by atoms with Crippen LogP contribution < -0.4 is 5.32 Å². The molecule has 0 saturated carbocycles. The van der Waals surface area contributed by atoms with Crippen molar-refractivity contribution in [3.8, 4) is 11.3 Å². The Morgan fingerprint density at radius 3 is 2.73 bits per heavy atom. The van der Waals surface area contributed by atoms with Crippen LogP contribution in [0.5, 0.6) is 0 Å². The van der Waals surface area contributed by atoms with Crippen molar-refractivity contribution >= 4 is 22.7 Å². The molecule has 0 atom stereocenters. The highest BCUT2D eigenvalue weighted by Crippen LogP contribution is 2.23. The summed E-state index contributed by atoms with van der Waals surface area (Å²) in [6, 6.07) is 19.2. The van der Waals surface area contributed by atoms with Gasteiger partial charge in [-0.3, -0.25) is 4.79 Å². The number of hydrogen-bond donors (Lipinski definition) is 1. The largest absolute Gasteiger partial charge is 0.461 e. The van der Waals surface area contributed by atoms with Gasteiger partial charge in [-0.25, -0.2) is 4.98 Å². The Morgan fingerprint density at radius 2 is 1.88 bits per heavy atom. The maximum Gasteiger partial charge on any atom is 0.224 e. The Labute approximate surface area is 150 Å².